The summed E-state index contributed by atoms with van der Waals surface area (Å²) in [6.07, 6.45) is 1.49. The smallest absolute Gasteiger partial charge is 0.199 e. The molecule has 2 aromatic rings. The average molecular weight is 304 g/mol. The fourth-order valence-corrected chi connectivity index (χ4v) is 2.87. The Morgan fingerprint density at radius 1 is 1.36 bits per heavy atom. The molecule has 2 heterocycles. The molecule has 0 aliphatic carbocycles. The van der Waals surface area contributed by atoms with Gasteiger partial charge in [0.1, 0.15) is 23.5 Å². The van der Waals surface area contributed by atoms with Crippen molar-refractivity contribution < 1.29 is 13.9 Å². The molecule has 0 spiro atoms. The average Bonchev–Trinajstić information content (AvgIpc) is 2.95. The summed E-state index contributed by atoms with van der Waals surface area (Å²) in [5.74, 6) is 0.00985. The first-order valence-corrected chi connectivity index (χ1v) is 7.37. The van der Waals surface area contributed by atoms with E-state index in [2.05, 4.69) is 10.3 Å². The van der Waals surface area contributed by atoms with E-state index in [0.717, 1.165) is 11.6 Å². The van der Waals surface area contributed by atoms with E-state index < -0.39 is 5.82 Å². The van der Waals surface area contributed by atoms with E-state index in [0.29, 0.717) is 29.4 Å². The molecule has 1 aromatic carbocycles. The molecule has 0 amide bonds. The number of aromatic nitrogens is 1. The lowest BCUT2D eigenvalue weighted by atomic mass is 9.82. The molecule has 2 N–H and O–H groups in total. The molecule has 1 aliphatic heterocycles. The van der Waals surface area contributed by atoms with E-state index in [1.807, 2.05) is 34.6 Å². The van der Waals surface area contributed by atoms with Crippen LogP contribution in [0.2, 0.25) is 0 Å². The minimum atomic E-state index is -0.484. The van der Waals surface area contributed by atoms with Crippen LogP contribution in [0.5, 0.6) is 5.75 Å². The lowest BCUT2D eigenvalue weighted by molar-refractivity contribution is 0.392. The molecular weight excluding hydrogens is 283 g/mol. The first kappa shape index (κ1) is 14.9. The number of benzene rings is 1. The molecule has 5 heteroatoms. The minimum absolute atomic E-state index is 0.0682. The Labute approximate surface area is 129 Å². The highest BCUT2D eigenvalue weighted by atomic mass is 19.1. The fourth-order valence-electron chi connectivity index (χ4n) is 2.87. The highest BCUT2D eigenvalue weighted by Gasteiger charge is 2.37. The molecule has 0 unspecified atom stereocenters. The molecule has 0 saturated carbocycles. The second kappa shape index (κ2) is 4.48. The summed E-state index contributed by atoms with van der Waals surface area (Å²) in [5.41, 5.74) is 1.66. The van der Waals surface area contributed by atoms with Gasteiger partial charge in [-0.1, -0.05) is 34.6 Å². The Morgan fingerprint density at radius 2 is 2.05 bits per heavy atom. The summed E-state index contributed by atoms with van der Waals surface area (Å²) in [6, 6.07) is 1.13. The van der Waals surface area contributed by atoms with E-state index >= 15 is 0 Å². The van der Waals surface area contributed by atoms with Gasteiger partial charge in [0.05, 0.1) is 5.69 Å². The summed E-state index contributed by atoms with van der Waals surface area (Å²) in [4.78, 5) is 4.47. The Morgan fingerprint density at radius 3 is 2.64 bits per heavy atom. The lowest BCUT2D eigenvalue weighted by Gasteiger charge is -2.20. The highest BCUT2D eigenvalue weighted by molar-refractivity contribution is 5.80. The van der Waals surface area contributed by atoms with Crippen molar-refractivity contribution in [3.63, 3.8) is 0 Å². The van der Waals surface area contributed by atoms with Crippen LogP contribution in [0.4, 0.5) is 10.1 Å². The number of phenols is 1. The molecule has 0 fully saturated rings. The maximum atomic E-state index is 14.6. The summed E-state index contributed by atoms with van der Waals surface area (Å²) in [5, 5.41) is 13.2. The number of phenolic OH excluding ortho intramolecular Hbond substituents is 1. The van der Waals surface area contributed by atoms with Gasteiger partial charge in [-0.15, -0.1) is 0 Å². The molecule has 3 rings (SSSR count). The summed E-state index contributed by atoms with van der Waals surface area (Å²) >= 11 is 0. The number of anilines is 1. The first-order chi connectivity index (χ1) is 10.1. The Hall–Kier alpha value is -2.04. The van der Waals surface area contributed by atoms with Gasteiger partial charge in [-0.3, -0.25) is 0 Å². The van der Waals surface area contributed by atoms with Crippen molar-refractivity contribution in [3.05, 3.63) is 29.6 Å². The molecule has 22 heavy (non-hydrogen) atoms. The standard InChI is InChI=1S/C17H21FN2O2/c1-16(2,3)15-20-10(7-22-15)12-9(18)6-11(21)14-13(12)17(4,5)8-19-14/h6-7,19,21H,8H2,1-5H3. The van der Waals surface area contributed by atoms with E-state index in [1.165, 1.54) is 6.26 Å². The van der Waals surface area contributed by atoms with Gasteiger partial charge in [-0.25, -0.2) is 9.37 Å². The van der Waals surface area contributed by atoms with E-state index in [4.69, 9.17) is 4.42 Å². The Balaban J connectivity index is 2.24. The van der Waals surface area contributed by atoms with Crippen molar-refractivity contribution in [3.8, 4) is 17.0 Å². The third-order valence-electron chi connectivity index (χ3n) is 4.04. The Bertz CT molecular complexity index is 742. The predicted octanol–water partition coefficient (Wildman–Crippen LogP) is 4.19. The van der Waals surface area contributed by atoms with Crippen LogP contribution in [-0.2, 0) is 10.8 Å². The minimum Gasteiger partial charge on any atom is -0.506 e. The number of nitrogens with zero attached hydrogens (tertiary/aromatic N) is 1. The zero-order valence-corrected chi connectivity index (χ0v) is 13.5. The van der Waals surface area contributed by atoms with Crippen LogP contribution < -0.4 is 5.32 Å². The van der Waals surface area contributed by atoms with Gasteiger partial charge in [0.25, 0.3) is 0 Å². The second-order valence-corrected chi connectivity index (χ2v) is 7.53. The molecule has 0 atom stereocenters. The van der Waals surface area contributed by atoms with Crippen LogP contribution in [0.15, 0.2) is 16.7 Å². The molecular formula is C17H21FN2O2. The number of nitrogens with one attached hydrogen (secondary N) is 1. The zero-order valence-electron chi connectivity index (χ0n) is 13.5. The molecule has 0 radical (unpaired) electrons. The van der Waals surface area contributed by atoms with Crippen molar-refractivity contribution >= 4 is 5.69 Å². The maximum Gasteiger partial charge on any atom is 0.199 e. The third kappa shape index (κ3) is 2.16. The van der Waals surface area contributed by atoms with E-state index in [9.17, 15) is 9.50 Å². The van der Waals surface area contributed by atoms with Crippen LogP contribution >= 0.6 is 0 Å². The highest BCUT2D eigenvalue weighted by Crippen LogP contribution is 2.48. The van der Waals surface area contributed by atoms with Gasteiger partial charge >= 0.3 is 0 Å². The fraction of sp³-hybridized carbons (Fsp3) is 0.471. The monoisotopic (exact) mass is 304 g/mol. The van der Waals surface area contributed by atoms with Gasteiger partial charge in [0.15, 0.2) is 5.89 Å². The van der Waals surface area contributed by atoms with Crippen LogP contribution in [-0.4, -0.2) is 16.6 Å². The van der Waals surface area contributed by atoms with Crippen molar-refractivity contribution in [1.29, 1.82) is 0 Å². The van der Waals surface area contributed by atoms with Gasteiger partial charge in [-0.2, -0.15) is 0 Å². The van der Waals surface area contributed by atoms with Crippen LogP contribution in [0, 0.1) is 5.82 Å². The van der Waals surface area contributed by atoms with Gasteiger partial charge in [0.2, 0.25) is 0 Å². The second-order valence-electron chi connectivity index (χ2n) is 7.53. The topological polar surface area (TPSA) is 58.3 Å². The molecule has 118 valence electrons. The number of halogens is 1. The summed E-state index contributed by atoms with van der Waals surface area (Å²) in [6.45, 7) is 10.6. The number of hydrogen-bond acceptors (Lipinski definition) is 4. The van der Waals surface area contributed by atoms with E-state index in [-0.39, 0.29) is 16.6 Å². The molecule has 4 nitrogen and oxygen atoms in total. The van der Waals surface area contributed by atoms with Crippen molar-refractivity contribution in [1.82, 2.24) is 4.98 Å². The van der Waals surface area contributed by atoms with Gasteiger partial charge in [-0.05, 0) is 5.56 Å². The Kier molecular flexibility index (Phi) is 3.03. The predicted molar refractivity (Wildman–Crippen MR) is 83.8 cm³/mol. The number of aromatic hydroxyl groups is 1. The van der Waals surface area contributed by atoms with Crippen LogP contribution in [0.1, 0.15) is 46.1 Å². The maximum absolute atomic E-state index is 14.6. The molecule has 1 aromatic heterocycles. The van der Waals surface area contributed by atoms with Crippen molar-refractivity contribution in [2.24, 2.45) is 0 Å². The summed E-state index contributed by atoms with van der Waals surface area (Å²) in [7, 11) is 0. The third-order valence-corrected chi connectivity index (χ3v) is 4.04. The number of fused-ring (bicyclic) bond motifs is 1. The lowest BCUT2D eigenvalue weighted by Crippen LogP contribution is -2.20. The summed E-state index contributed by atoms with van der Waals surface area (Å²) < 4.78 is 20.1. The SMILES string of the molecule is CC(C)(C)c1nc(-c2c(F)cc(O)c3c2C(C)(C)CN3)co1. The number of rotatable bonds is 1. The first-order valence-electron chi connectivity index (χ1n) is 7.37. The van der Waals surface area contributed by atoms with Crippen molar-refractivity contribution in [2.75, 3.05) is 11.9 Å². The number of hydrogen-bond donors (Lipinski definition) is 2. The van der Waals surface area contributed by atoms with Crippen molar-refractivity contribution in [2.45, 2.75) is 45.4 Å². The van der Waals surface area contributed by atoms with Gasteiger partial charge in [0, 0.05) is 29.0 Å². The zero-order chi connectivity index (χ0) is 16.3. The number of oxazole rings is 1. The normalized spacial score (nSPS) is 16.5. The van der Waals surface area contributed by atoms with Crippen LogP contribution in [0.25, 0.3) is 11.3 Å². The molecule has 0 bridgehead atoms. The van der Waals surface area contributed by atoms with E-state index in [1.54, 1.807) is 0 Å². The largest absolute Gasteiger partial charge is 0.506 e. The van der Waals surface area contributed by atoms with Gasteiger partial charge < -0.3 is 14.8 Å². The van der Waals surface area contributed by atoms with Crippen LogP contribution in [0.3, 0.4) is 0 Å². The molecule has 1 aliphatic rings. The molecule has 0 saturated heterocycles. The quantitative estimate of drug-likeness (QED) is 0.776.